The van der Waals surface area contributed by atoms with Crippen LogP contribution in [0.25, 0.3) is 11.1 Å². The molecule has 146 valence electrons. The molecule has 1 nitrogen and oxygen atoms in total. The van der Waals surface area contributed by atoms with Gasteiger partial charge in [0.2, 0.25) is 0 Å². The Hall–Kier alpha value is -2.75. The van der Waals surface area contributed by atoms with Crippen LogP contribution in [0.1, 0.15) is 37.0 Å². The quantitative estimate of drug-likeness (QED) is 0.432. The lowest BCUT2D eigenvalue weighted by atomic mass is 10.00. The normalized spacial score (nSPS) is 10.9. The van der Waals surface area contributed by atoms with Crippen LogP contribution in [0.15, 0.2) is 54.6 Å². The minimum atomic E-state index is -0.818. The van der Waals surface area contributed by atoms with Crippen molar-refractivity contribution in [3.05, 3.63) is 88.7 Å². The van der Waals surface area contributed by atoms with Gasteiger partial charge in [0, 0.05) is 11.6 Å². The molecule has 0 saturated heterocycles. The fourth-order valence-electron chi connectivity index (χ4n) is 3.13. The van der Waals surface area contributed by atoms with Crippen LogP contribution < -0.4 is 4.74 Å². The number of aryl methyl sites for hydroxylation is 2. The van der Waals surface area contributed by atoms with E-state index in [9.17, 15) is 13.2 Å². The van der Waals surface area contributed by atoms with Gasteiger partial charge in [0.1, 0.15) is 18.2 Å². The summed E-state index contributed by atoms with van der Waals surface area (Å²) < 4.78 is 48.0. The van der Waals surface area contributed by atoms with Crippen molar-refractivity contribution in [2.45, 2.75) is 39.7 Å². The van der Waals surface area contributed by atoms with Crippen molar-refractivity contribution in [2.75, 3.05) is 0 Å². The first-order valence-electron chi connectivity index (χ1n) is 9.50. The molecule has 4 heteroatoms. The van der Waals surface area contributed by atoms with E-state index in [-0.39, 0.29) is 18.0 Å². The summed E-state index contributed by atoms with van der Waals surface area (Å²) in [5.74, 6) is -1.41. The van der Waals surface area contributed by atoms with E-state index >= 15 is 0 Å². The summed E-state index contributed by atoms with van der Waals surface area (Å²) in [5.41, 5.74) is 2.74. The predicted molar refractivity (Wildman–Crippen MR) is 106 cm³/mol. The summed E-state index contributed by atoms with van der Waals surface area (Å²) in [7, 11) is 0. The lowest BCUT2D eigenvalue weighted by Crippen LogP contribution is -1.98. The standard InChI is InChI=1S/C24H23F3O/c1-3-5-19-11-13-21(24(27)23(19)26)18-8-6-16(7-9-18)15-28-20-12-10-17(4-2)22(25)14-20/h6-14H,3-5,15H2,1-2H3. The highest BCUT2D eigenvalue weighted by atomic mass is 19.2. The second-order valence-corrected chi connectivity index (χ2v) is 6.74. The molecule has 0 aliphatic rings. The third-order valence-electron chi connectivity index (χ3n) is 4.76. The molecule has 0 aromatic heterocycles. The lowest BCUT2D eigenvalue weighted by Gasteiger charge is -2.10. The number of ether oxygens (including phenoxy) is 1. The third-order valence-corrected chi connectivity index (χ3v) is 4.76. The van der Waals surface area contributed by atoms with Crippen LogP contribution in [0.2, 0.25) is 0 Å². The number of halogens is 3. The fourth-order valence-corrected chi connectivity index (χ4v) is 3.13. The summed E-state index contributed by atoms with van der Waals surface area (Å²) in [5, 5.41) is 0. The van der Waals surface area contributed by atoms with E-state index in [1.54, 1.807) is 48.5 Å². The van der Waals surface area contributed by atoms with Gasteiger partial charge in [-0.1, -0.05) is 62.7 Å². The van der Waals surface area contributed by atoms with Gasteiger partial charge in [0.05, 0.1) is 0 Å². The van der Waals surface area contributed by atoms with Gasteiger partial charge >= 0.3 is 0 Å². The van der Waals surface area contributed by atoms with E-state index in [2.05, 4.69) is 0 Å². The van der Waals surface area contributed by atoms with Crippen LogP contribution in [-0.4, -0.2) is 0 Å². The van der Waals surface area contributed by atoms with Crippen molar-refractivity contribution in [3.63, 3.8) is 0 Å². The maximum atomic E-state index is 14.4. The van der Waals surface area contributed by atoms with Gasteiger partial charge in [-0.2, -0.15) is 0 Å². The smallest absolute Gasteiger partial charge is 0.166 e. The van der Waals surface area contributed by atoms with Crippen LogP contribution in [0.4, 0.5) is 13.2 Å². The van der Waals surface area contributed by atoms with Crippen molar-refractivity contribution in [3.8, 4) is 16.9 Å². The lowest BCUT2D eigenvalue weighted by molar-refractivity contribution is 0.304. The molecule has 3 aromatic carbocycles. The van der Waals surface area contributed by atoms with E-state index in [1.807, 2.05) is 13.8 Å². The third kappa shape index (κ3) is 4.38. The number of hydrogen-bond acceptors (Lipinski definition) is 1. The van der Waals surface area contributed by atoms with Crippen LogP contribution in [0, 0.1) is 17.5 Å². The van der Waals surface area contributed by atoms with Gasteiger partial charge in [-0.25, -0.2) is 13.2 Å². The highest BCUT2D eigenvalue weighted by Gasteiger charge is 2.14. The molecule has 0 unspecified atom stereocenters. The summed E-state index contributed by atoms with van der Waals surface area (Å²) in [6, 6.07) is 15.2. The average molecular weight is 384 g/mol. The van der Waals surface area contributed by atoms with Crippen molar-refractivity contribution in [2.24, 2.45) is 0 Å². The van der Waals surface area contributed by atoms with Crippen LogP contribution in [0.3, 0.4) is 0 Å². The minimum absolute atomic E-state index is 0.238. The van der Waals surface area contributed by atoms with Gasteiger partial charge in [-0.3, -0.25) is 0 Å². The molecular weight excluding hydrogens is 361 g/mol. The van der Waals surface area contributed by atoms with E-state index in [0.29, 0.717) is 35.3 Å². The zero-order valence-corrected chi connectivity index (χ0v) is 16.1. The first-order valence-corrected chi connectivity index (χ1v) is 9.50. The Labute approximate surface area is 163 Å². The molecule has 3 rings (SSSR count). The van der Waals surface area contributed by atoms with E-state index in [0.717, 1.165) is 12.0 Å². The molecule has 0 spiro atoms. The molecule has 0 N–H and O–H groups in total. The Kier molecular flexibility index (Phi) is 6.40. The highest BCUT2D eigenvalue weighted by Crippen LogP contribution is 2.27. The first kappa shape index (κ1) is 20.0. The Morgan fingerprint density at radius 2 is 1.50 bits per heavy atom. The highest BCUT2D eigenvalue weighted by molar-refractivity contribution is 5.65. The molecule has 3 aromatic rings. The Balaban J connectivity index is 1.72. The maximum Gasteiger partial charge on any atom is 0.166 e. The van der Waals surface area contributed by atoms with Crippen LogP contribution >= 0.6 is 0 Å². The number of rotatable bonds is 7. The number of hydrogen-bond donors (Lipinski definition) is 0. The summed E-state index contributed by atoms with van der Waals surface area (Å²) in [4.78, 5) is 0. The van der Waals surface area contributed by atoms with Gasteiger partial charge < -0.3 is 4.74 Å². The average Bonchev–Trinajstić information content (AvgIpc) is 2.71. The largest absolute Gasteiger partial charge is 0.489 e. The summed E-state index contributed by atoms with van der Waals surface area (Å²) in [6.07, 6.45) is 1.90. The SMILES string of the molecule is CCCc1ccc(-c2ccc(COc3ccc(CC)c(F)c3)cc2)c(F)c1F. The Bertz CT molecular complexity index is 949. The van der Waals surface area contributed by atoms with E-state index < -0.39 is 11.6 Å². The second kappa shape index (κ2) is 8.96. The van der Waals surface area contributed by atoms with Gasteiger partial charge in [0.15, 0.2) is 11.6 Å². The second-order valence-electron chi connectivity index (χ2n) is 6.74. The van der Waals surface area contributed by atoms with Crippen molar-refractivity contribution < 1.29 is 17.9 Å². The van der Waals surface area contributed by atoms with Crippen molar-refractivity contribution in [1.82, 2.24) is 0 Å². The van der Waals surface area contributed by atoms with Crippen molar-refractivity contribution >= 4 is 0 Å². The monoisotopic (exact) mass is 384 g/mol. The van der Waals surface area contributed by atoms with Crippen LogP contribution in [0.5, 0.6) is 5.75 Å². The topological polar surface area (TPSA) is 9.23 Å². The van der Waals surface area contributed by atoms with E-state index in [1.165, 1.54) is 6.07 Å². The molecule has 0 atom stereocenters. The summed E-state index contributed by atoms with van der Waals surface area (Å²) >= 11 is 0. The molecule has 0 amide bonds. The molecule has 0 bridgehead atoms. The van der Waals surface area contributed by atoms with E-state index in [4.69, 9.17) is 4.74 Å². The van der Waals surface area contributed by atoms with Crippen molar-refractivity contribution in [1.29, 1.82) is 0 Å². The Morgan fingerprint density at radius 3 is 2.14 bits per heavy atom. The zero-order chi connectivity index (χ0) is 20.1. The molecular formula is C24H23F3O. The van der Waals surface area contributed by atoms with Gasteiger partial charge in [0.25, 0.3) is 0 Å². The Morgan fingerprint density at radius 1 is 0.786 bits per heavy atom. The molecule has 0 saturated carbocycles. The minimum Gasteiger partial charge on any atom is -0.489 e. The van der Waals surface area contributed by atoms with Gasteiger partial charge in [-0.15, -0.1) is 0 Å². The molecule has 28 heavy (non-hydrogen) atoms. The molecule has 0 aliphatic carbocycles. The molecule has 0 aliphatic heterocycles. The summed E-state index contributed by atoms with van der Waals surface area (Å²) in [6.45, 7) is 4.09. The first-order chi connectivity index (χ1) is 13.5. The fraction of sp³-hybridized carbons (Fsp3) is 0.250. The maximum absolute atomic E-state index is 14.4. The van der Waals surface area contributed by atoms with Crippen LogP contribution in [-0.2, 0) is 19.4 Å². The molecule has 0 heterocycles. The van der Waals surface area contributed by atoms with Gasteiger partial charge in [-0.05, 0) is 41.2 Å². The molecule has 0 fully saturated rings. The zero-order valence-electron chi connectivity index (χ0n) is 16.1. The molecule has 0 radical (unpaired) electrons. The number of benzene rings is 3. The predicted octanol–water partition coefficient (Wildman–Crippen LogP) is 6.86.